The number of carboxylic acid groups (broad SMARTS) is 1. The van der Waals surface area contributed by atoms with Crippen molar-refractivity contribution in [3.8, 4) is 11.3 Å². The molecular formula is C14H7Cl2N3O2. The quantitative estimate of drug-likeness (QED) is 0.575. The lowest BCUT2D eigenvalue weighted by Crippen LogP contribution is -1.97. The minimum atomic E-state index is -0.994. The average molecular weight is 320 g/mol. The number of hydrogen-bond donors (Lipinski definition) is 1. The number of fused-ring (bicyclic) bond motifs is 1. The first-order chi connectivity index (χ1) is 10.0. The molecule has 0 aliphatic carbocycles. The molecule has 0 radical (unpaired) electrons. The van der Waals surface area contributed by atoms with Gasteiger partial charge in [-0.1, -0.05) is 23.7 Å². The van der Waals surface area contributed by atoms with Gasteiger partial charge in [0.2, 0.25) is 5.28 Å². The van der Waals surface area contributed by atoms with Crippen LogP contribution < -0.4 is 0 Å². The Morgan fingerprint density at radius 3 is 2.62 bits per heavy atom. The van der Waals surface area contributed by atoms with Gasteiger partial charge in [0.25, 0.3) is 0 Å². The molecule has 0 aliphatic rings. The minimum Gasteiger partial charge on any atom is -0.478 e. The lowest BCUT2D eigenvalue weighted by molar-refractivity contribution is 0.0697. The van der Waals surface area contributed by atoms with Gasteiger partial charge in [-0.05, 0) is 35.9 Å². The van der Waals surface area contributed by atoms with Crippen molar-refractivity contribution in [2.24, 2.45) is 0 Å². The number of pyridine rings is 1. The molecule has 0 bridgehead atoms. The Morgan fingerprint density at radius 2 is 1.86 bits per heavy atom. The van der Waals surface area contributed by atoms with Gasteiger partial charge in [0.05, 0.1) is 16.6 Å². The van der Waals surface area contributed by atoms with E-state index in [-0.39, 0.29) is 16.0 Å². The summed E-state index contributed by atoms with van der Waals surface area (Å²) in [6, 6.07) is 9.94. The third-order valence-electron chi connectivity index (χ3n) is 2.89. The molecule has 0 amide bonds. The molecule has 5 nitrogen and oxygen atoms in total. The number of hydrogen-bond acceptors (Lipinski definition) is 4. The Hall–Kier alpha value is -2.24. The van der Waals surface area contributed by atoms with Crippen molar-refractivity contribution in [1.82, 2.24) is 15.0 Å². The lowest BCUT2D eigenvalue weighted by Gasteiger charge is -2.05. The van der Waals surface area contributed by atoms with Gasteiger partial charge in [-0.3, -0.25) is 0 Å². The van der Waals surface area contributed by atoms with E-state index in [2.05, 4.69) is 15.0 Å². The van der Waals surface area contributed by atoms with Gasteiger partial charge < -0.3 is 5.11 Å². The number of aromatic carboxylic acids is 1. The summed E-state index contributed by atoms with van der Waals surface area (Å²) in [5, 5.41) is 9.84. The fraction of sp³-hybridized carbons (Fsp3) is 0. The molecule has 0 atom stereocenters. The Bertz CT molecular complexity index is 868. The number of carboxylic acids is 1. The fourth-order valence-electron chi connectivity index (χ4n) is 1.92. The molecule has 0 saturated heterocycles. The topological polar surface area (TPSA) is 76.0 Å². The molecule has 1 N–H and O–H groups in total. The monoisotopic (exact) mass is 319 g/mol. The van der Waals surface area contributed by atoms with Crippen LogP contribution in [0.4, 0.5) is 0 Å². The normalized spacial score (nSPS) is 10.8. The van der Waals surface area contributed by atoms with Crippen LogP contribution in [0.25, 0.3) is 22.3 Å². The van der Waals surface area contributed by atoms with Crippen LogP contribution in [0.5, 0.6) is 0 Å². The van der Waals surface area contributed by atoms with Crippen molar-refractivity contribution in [2.45, 2.75) is 0 Å². The standard InChI is InChI=1S/C14H7Cl2N3O2/c15-11-9-4-5-10(17-12(9)19-14(16)18-11)7-2-1-3-8(6-7)13(20)21/h1-6H,(H,20,21). The van der Waals surface area contributed by atoms with Gasteiger partial charge in [-0.25, -0.2) is 14.8 Å². The van der Waals surface area contributed by atoms with Crippen LogP contribution in [0.3, 0.4) is 0 Å². The Morgan fingerprint density at radius 1 is 1.05 bits per heavy atom. The van der Waals surface area contributed by atoms with Gasteiger partial charge in [0.15, 0.2) is 5.65 Å². The second-order valence-corrected chi connectivity index (χ2v) is 4.93. The van der Waals surface area contributed by atoms with Gasteiger partial charge >= 0.3 is 5.97 Å². The maximum Gasteiger partial charge on any atom is 0.335 e. The molecule has 0 saturated carbocycles. The first kappa shape index (κ1) is 13.7. The number of carbonyl (C=O) groups is 1. The smallest absolute Gasteiger partial charge is 0.335 e. The van der Waals surface area contributed by atoms with E-state index in [1.165, 1.54) is 6.07 Å². The van der Waals surface area contributed by atoms with Gasteiger partial charge in [0.1, 0.15) is 5.15 Å². The van der Waals surface area contributed by atoms with Crippen LogP contribution in [0.2, 0.25) is 10.4 Å². The predicted molar refractivity (Wildman–Crippen MR) is 79.7 cm³/mol. The molecule has 104 valence electrons. The van der Waals surface area contributed by atoms with E-state index < -0.39 is 5.97 Å². The zero-order valence-corrected chi connectivity index (χ0v) is 11.9. The van der Waals surface area contributed by atoms with Crippen LogP contribution >= 0.6 is 23.2 Å². The second-order valence-electron chi connectivity index (χ2n) is 4.24. The molecule has 21 heavy (non-hydrogen) atoms. The molecule has 3 rings (SSSR count). The molecule has 2 aromatic heterocycles. The summed E-state index contributed by atoms with van der Waals surface area (Å²) in [5.74, 6) is -0.994. The van der Waals surface area contributed by atoms with Crippen molar-refractivity contribution in [3.05, 3.63) is 52.4 Å². The van der Waals surface area contributed by atoms with E-state index in [1.807, 2.05) is 0 Å². The van der Waals surface area contributed by atoms with Gasteiger partial charge in [0, 0.05) is 5.56 Å². The van der Waals surface area contributed by atoms with E-state index >= 15 is 0 Å². The van der Waals surface area contributed by atoms with Crippen LogP contribution in [0.15, 0.2) is 36.4 Å². The summed E-state index contributed by atoms with van der Waals surface area (Å²) >= 11 is 11.7. The van der Waals surface area contributed by atoms with E-state index in [0.717, 1.165) is 0 Å². The largest absolute Gasteiger partial charge is 0.478 e. The third-order valence-corrected chi connectivity index (χ3v) is 3.35. The van der Waals surface area contributed by atoms with Crippen molar-refractivity contribution >= 4 is 40.2 Å². The van der Waals surface area contributed by atoms with Crippen molar-refractivity contribution in [2.75, 3.05) is 0 Å². The summed E-state index contributed by atoms with van der Waals surface area (Å²) in [7, 11) is 0. The summed E-state index contributed by atoms with van der Waals surface area (Å²) in [6.07, 6.45) is 0. The molecule has 1 aromatic carbocycles. The van der Waals surface area contributed by atoms with E-state index in [1.54, 1.807) is 30.3 Å². The highest BCUT2D eigenvalue weighted by atomic mass is 35.5. The molecule has 0 fully saturated rings. The van der Waals surface area contributed by atoms with E-state index in [0.29, 0.717) is 22.3 Å². The van der Waals surface area contributed by atoms with Crippen LogP contribution in [-0.2, 0) is 0 Å². The number of rotatable bonds is 2. The number of aromatic nitrogens is 3. The highest BCUT2D eigenvalue weighted by Crippen LogP contribution is 2.25. The third kappa shape index (κ3) is 2.66. The zero-order valence-electron chi connectivity index (χ0n) is 10.4. The van der Waals surface area contributed by atoms with Crippen LogP contribution in [0, 0.1) is 0 Å². The molecule has 7 heteroatoms. The van der Waals surface area contributed by atoms with Gasteiger partial charge in [-0.2, -0.15) is 4.98 Å². The zero-order chi connectivity index (χ0) is 15.0. The van der Waals surface area contributed by atoms with Crippen LogP contribution in [0.1, 0.15) is 10.4 Å². The Kier molecular flexibility index (Phi) is 3.45. The van der Waals surface area contributed by atoms with E-state index in [9.17, 15) is 4.79 Å². The predicted octanol–water partition coefficient (Wildman–Crippen LogP) is 3.70. The molecular weight excluding hydrogens is 313 g/mol. The average Bonchev–Trinajstić information content (AvgIpc) is 2.46. The highest BCUT2D eigenvalue weighted by Gasteiger charge is 2.10. The van der Waals surface area contributed by atoms with Gasteiger partial charge in [-0.15, -0.1) is 0 Å². The number of halogens is 2. The summed E-state index contributed by atoms with van der Waals surface area (Å²) in [5.41, 5.74) is 1.80. The Balaban J connectivity index is 2.17. The summed E-state index contributed by atoms with van der Waals surface area (Å²) < 4.78 is 0. The SMILES string of the molecule is O=C(O)c1cccc(-c2ccc3c(Cl)nc(Cl)nc3n2)c1. The molecule has 2 heterocycles. The Labute approximate surface area is 129 Å². The number of nitrogens with zero attached hydrogens (tertiary/aromatic N) is 3. The number of benzene rings is 1. The maximum atomic E-state index is 11.0. The summed E-state index contributed by atoms with van der Waals surface area (Å²) in [6.45, 7) is 0. The van der Waals surface area contributed by atoms with Crippen molar-refractivity contribution in [3.63, 3.8) is 0 Å². The second kappa shape index (κ2) is 5.27. The molecule has 0 unspecified atom stereocenters. The fourth-order valence-corrected chi connectivity index (χ4v) is 2.36. The molecule has 0 spiro atoms. The van der Waals surface area contributed by atoms with Crippen molar-refractivity contribution < 1.29 is 9.90 Å². The summed E-state index contributed by atoms with van der Waals surface area (Å²) in [4.78, 5) is 23.2. The van der Waals surface area contributed by atoms with Crippen molar-refractivity contribution in [1.29, 1.82) is 0 Å². The molecule has 3 aromatic rings. The molecule has 0 aliphatic heterocycles. The first-order valence-electron chi connectivity index (χ1n) is 5.88. The first-order valence-corrected chi connectivity index (χ1v) is 6.64. The maximum absolute atomic E-state index is 11.0. The highest BCUT2D eigenvalue weighted by molar-refractivity contribution is 6.35. The van der Waals surface area contributed by atoms with Crippen LogP contribution in [-0.4, -0.2) is 26.0 Å². The van der Waals surface area contributed by atoms with E-state index in [4.69, 9.17) is 28.3 Å². The minimum absolute atomic E-state index is 0.0106. The lowest BCUT2D eigenvalue weighted by atomic mass is 10.1.